The molecule has 2 unspecified atom stereocenters. The van der Waals surface area contributed by atoms with E-state index in [0.717, 1.165) is 5.57 Å². The average Bonchev–Trinajstić information content (AvgIpc) is 2.15. The van der Waals surface area contributed by atoms with Gasteiger partial charge in [0, 0.05) is 6.67 Å². The van der Waals surface area contributed by atoms with Crippen LogP contribution in [0.1, 0.15) is 13.8 Å². The lowest BCUT2D eigenvalue weighted by Crippen LogP contribution is -2.47. The number of rotatable bonds is 1. The average molecular weight is 142 g/mol. The number of hydrogen-bond donors (Lipinski definition) is 3. The van der Waals surface area contributed by atoms with Crippen molar-refractivity contribution in [2.75, 3.05) is 6.67 Å². The molecule has 1 aliphatic heterocycles. The third-order valence-corrected chi connectivity index (χ3v) is 2.18. The molecule has 3 N–H and O–H groups in total. The Morgan fingerprint density at radius 1 is 1.80 bits per heavy atom. The quantitative estimate of drug-likeness (QED) is 0.444. The maximum Gasteiger partial charge on any atom is 0.127 e. The summed E-state index contributed by atoms with van der Waals surface area (Å²) in [6.45, 7) is 8.28. The summed E-state index contributed by atoms with van der Waals surface area (Å²) >= 11 is 0. The van der Waals surface area contributed by atoms with Gasteiger partial charge in [-0.2, -0.15) is 0 Å². The summed E-state index contributed by atoms with van der Waals surface area (Å²) in [5.41, 5.74) is 0.602. The van der Waals surface area contributed by atoms with Crippen molar-refractivity contribution in [1.82, 2.24) is 10.6 Å². The van der Waals surface area contributed by atoms with E-state index in [1.54, 1.807) is 0 Å². The van der Waals surface area contributed by atoms with Crippen molar-refractivity contribution in [1.29, 1.82) is 0 Å². The third kappa shape index (κ3) is 0.963. The molecule has 0 bridgehead atoms. The fraction of sp³-hybridized carbons (Fsp3) is 0.714. The van der Waals surface area contributed by atoms with Gasteiger partial charge in [0.1, 0.15) is 6.23 Å². The molecule has 0 aliphatic carbocycles. The topological polar surface area (TPSA) is 44.3 Å². The van der Waals surface area contributed by atoms with E-state index in [4.69, 9.17) is 0 Å². The van der Waals surface area contributed by atoms with Crippen molar-refractivity contribution < 1.29 is 5.11 Å². The lowest BCUT2D eigenvalue weighted by molar-refractivity contribution is 0.109. The Kier molecular flexibility index (Phi) is 1.81. The van der Waals surface area contributed by atoms with Gasteiger partial charge in [-0.25, -0.2) is 0 Å². The first-order valence-electron chi connectivity index (χ1n) is 3.40. The normalized spacial score (nSPS) is 40.1. The van der Waals surface area contributed by atoms with E-state index in [0.29, 0.717) is 6.67 Å². The minimum Gasteiger partial charge on any atom is -0.376 e. The van der Waals surface area contributed by atoms with Crippen LogP contribution in [0.4, 0.5) is 0 Å². The van der Waals surface area contributed by atoms with Crippen LogP contribution in [0.15, 0.2) is 12.2 Å². The summed E-state index contributed by atoms with van der Waals surface area (Å²) in [4.78, 5) is 0. The summed E-state index contributed by atoms with van der Waals surface area (Å²) in [6, 6.07) is 0. The molecule has 58 valence electrons. The van der Waals surface area contributed by atoms with Crippen LogP contribution in [-0.4, -0.2) is 23.5 Å². The van der Waals surface area contributed by atoms with Gasteiger partial charge < -0.3 is 5.11 Å². The minimum absolute atomic E-state index is 0.347. The van der Waals surface area contributed by atoms with Gasteiger partial charge in [-0.15, -0.1) is 0 Å². The Morgan fingerprint density at radius 3 is 2.60 bits per heavy atom. The van der Waals surface area contributed by atoms with Gasteiger partial charge in [-0.3, -0.25) is 10.6 Å². The summed E-state index contributed by atoms with van der Waals surface area (Å²) < 4.78 is 0. The first-order chi connectivity index (χ1) is 4.57. The van der Waals surface area contributed by atoms with Crippen molar-refractivity contribution >= 4 is 0 Å². The highest BCUT2D eigenvalue weighted by atomic mass is 16.3. The second kappa shape index (κ2) is 2.34. The molecular weight excluding hydrogens is 128 g/mol. The highest BCUT2D eigenvalue weighted by Gasteiger charge is 2.37. The molecule has 0 radical (unpaired) electrons. The maximum atomic E-state index is 9.38. The molecule has 1 fully saturated rings. The second-order valence-corrected chi connectivity index (χ2v) is 2.94. The zero-order valence-corrected chi connectivity index (χ0v) is 6.44. The van der Waals surface area contributed by atoms with Gasteiger partial charge in [0.25, 0.3) is 0 Å². The van der Waals surface area contributed by atoms with Crippen molar-refractivity contribution in [3.8, 4) is 0 Å². The van der Waals surface area contributed by atoms with Gasteiger partial charge >= 0.3 is 0 Å². The summed E-state index contributed by atoms with van der Waals surface area (Å²) in [7, 11) is 0. The van der Waals surface area contributed by atoms with Crippen LogP contribution in [0, 0.1) is 0 Å². The largest absolute Gasteiger partial charge is 0.376 e. The monoisotopic (exact) mass is 142 g/mol. The molecule has 0 aromatic carbocycles. The Bertz CT molecular complexity index is 158. The van der Waals surface area contributed by atoms with Gasteiger partial charge in [0.15, 0.2) is 0 Å². The van der Waals surface area contributed by atoms with Crippen molar-refractivity contribution in [3.63, 3.8) is 0 Å². The number of hydrogen-bond acceptors (Lipinski definition) is 3. The van der Waals surface area contributed by atoms with E-state index in [2.05, 4.69) is 17.2 Å². The van der Waals surface area contributed by atoms with E-state index in [9.17, 15) is 5.11 Å². The molecule has 1 rings (SSSR count). The van der Waals surface area contributed by atoms with Gasteiger partial charge in [-0.05, 0) is 13.8 Å². The lowest BCUT2D eigenvalue weighted by Gasteiger charge is -2.27. The Hall–Kier alpha value is -0.380. The summed E-state index contributed by atoms with van der Waals surface area (Å²) in [5, 5.41) is 15.4. The van der Waals surface area contributed by atoms with E-state index in [-0.39, 0.29) is 5.54 Å². The minimum atomic E-state index is -0.509. The second-order valence-electron chi connectivity index (χ2n) is 2.94. The van der Waals surface area contributed by atoms with Crippen LogP contribution in [0.25, 0.3) is 0 Å². The first-order valence-corrected chi connectivity index (χ1v) is 3.40. The summed E-state index contributed by atoms with van der Waals surface area (Å²) in [5.74, 6) is 0. The first kappa shape index (κ1) is 7.72. The van der Waals surface area contributed by atoms with Crippen LogP contribution < -0.4 is 10.6 Å². The van der Waals surface area contributed by atoms with Crippen molar-refractivity contribution in [2.45, 2.75) is 25.6 Å². The zero-order valence-electron chi connectivity index (χ0n) is 6.44. The molecule has 1 saturated heterocycles. The third-order valence-electron chi connectivity index (χ3n) is 2.18. The molecule has 0 aromatic rings. The van der Waals surface area contributed by atoms with Crippen LogP contribution in [0.3, 0.4) is 0 Å². The molecule has 0 spiro atoms. The predicted octanol–water partition coefficient (Wildman–Crippen LogP) is -0.210. The highest BCUT2D eigenvalue weighted by molar-refractivity contribution is 5.17. The van der Waals surface area contributed by atoms with E-state index in [1.165, 1.54) is 0 Å². The molecule has 0 amide bonds. The van der Waals surface area contributed by atoms with Gasteiger partial charge in [0.05, 0.1) is 5.54 Å². The molecule has 0 saturated carbocycles. The van der Waals surface area contributed by atoms with Gasteiger partial charge in [-0.1, -0.05) is 12.2 Å². The molecule has 3 heteroatoms. The van der Waals surface area contributed by atoms with Crippen LogP contribution >= 0.6 is 0 Å². The van der Waals surface area contributed by atoms with Crippen molar-refractivity contribution in [2.24, 2.45) is 0 Å². The van der Waals surface area contributed by atoms with Crippen molar-refractivity contribution in [3.05, 3.63) is 12.2 Å². The van der Waals surface area contributed by atoms with E-state index in [1.807, 2.05) is 13.8 Å². The van der Waals surface area contributed by atoms with Crippen LogP contribution in [0.5, 0.6) is 0 Å². The van der Waals surface area contributed by atoms with E-state index >= 15 is 0 Å². The van der Waals surface area contributed by atoms with Crippen LogP contribution in [-0.2, 0) is 0 Å². The molecule has 2 atom stereocenters. The smallest absolute Gasteiger partial charge is 0.127 e. The zero-order chi connectivity index (χ0) is 7.78. The fourth-order valence-corrected chi connectivity index (χ4v) is 1.02. The molecule has 10 heavy (non-hydrogen) atoms. The standard InChI is InChI=1S/C7H14N2O/c1-5(2)7(3)6(10)8-4-9-7/h6,8-10H,1,4H2,2-3H3. The number of aliphatic hydroxyl groups is 1. The van der Waals surface area contributed by atoms with Crippen LogP contribution in [0.2, 0.25) is 0 Å². The van der Waals surface area contributed by atoms with Gasteiger partial charge in [0.2, 0.25) is 0 Å². The maximum absolute atomic E-state index is 9.38. The Morgan fingerprint density at radius 2 is 2.40 bits per heavy atom. The predicted molar refractivity (Wildman–Crippen MR) is 40.4 cm³/mol. The molecule has 1 heterocycles. The molecule has 1 aliphatic rings. The fourth-order valence-electron chi connectivity index (χ4n) is 1.02. The number of aliphatic hydroxyl groups excluding tert-OH is 1. The molecule has 0 aromatic heterocycles. The lowest BCUT2D eigenvalue weighted by atomic mass is 9.94. The Balaban J connectivity index is 2.75. The highest BCUT2D eigenvalue weighted by Crippen LogP contribution is 2.20. The SMILES string of the molecule is C=C(C)C1(C)NCNC1O. The van der Waals surface area contributed by atoms with E-state index < -0.39 is 6.23 Å². The molecular formula is C7H14N2O. The Labute approximate surface area is 61.1 Å². The summed E-state index contributed by atoms with van der Waals surface area (Å²) in [6.07, 6.45) is -0.509. The number of nitrogens with one attached hydrogen (secondary N) is 2. The molecule has 3 nitrogen and oxygen atoms in total.